The molecule has 6 heteroatoms. The van der Waals surface area contributed by atoms with Crippen molar-refractivity contribution in [1.29, 1.82) is 0 Å². The lowest BCUT2D eigenvalue weighted by Gasteiger charge is -2.04. The van der Waals surface area contributed by atoms with E-state index in [1.807, 2.05) is 6.92 Å². The largest absolute Gasteiger partial charge is 0.356 e. The van der Waals surface area contributed by atoms with Gasteiger partial charge in [0.25, 0.3) is 5.91 Å². The molecule has 0 fully saturated rings. The van der Waals surface area contributed by atoms with Crippen LogP contribution in [-0.4, -0.2) is 29.9 Å². The van der Waals surface area contributed by atoms with E-state index in [9.17, 15) is 14.0 Å². The van der Waals surface area contributed by atoms with Crippen LogP contribution in [0.3, 0.4) is 0 Å². The van der Waals surface area contributed by atoms with Crippen LogP contribution in [0.5, 0.6) is 0 Å². The van der Waals surface area contributed by atoms with Gasteiger partial charge in [0.1, 0.15) is 0 Å². The van der Waals surface area contributed by atoms with E-state index in [1.165, 1.54) is 6.07 Å². The molecule has 0 bridgehead atoms. The van der Waals surface area contributed by atoms with Crippen molar-refractivity contribution >= 4 is 11.8 Å². The highest BCUT2D eigenvalue weighted by Gasteiger charge is 2.06. The Hall–Kier alpha value is -1.98. The van der Waals surface area contributed by atoms with Crippen molar-refractivity contribution in [3.05, 3.63) is 29.8 Å². The summed E-state index contributed by atoms with van der Waals surface area (Å²) in [4.78, 5) is 25.9. The van der Waals surface area contributed by atoms with Gasteiger partial charge in [-0.3, -0.25) is 9.59 Å². The van der Waals surface area contributed by atoms with Gasteiger partial charge in [0.15, 0.2) is 0 Å². The van der Waals surface area contributed by atoms with Crippen molar-refractivity contribution in [2.75, 3.05) is 13.1 Å². The van der Waals surface area contributed by atoms with Gasteiger partial charge >= 0.3 is 0 Å². The molecule has 92 valence electrons. The Kier molecular flexibility index (Phi) is 5.06. The van der Waals surface area contributed by atoms with Gasteiger partial charge in [0.05, 0.1) is 5.56 Å². The second-order valence-corrected chi connectivity index (χ2v) is 3.33. The highest BCUT2D eigenvalue weighted by molar-refractivity contribution is 5.94. The topological polar surface area (TPSA) is 71.1 Å². The second kappa shape index (κ2) is 6.57. The molecule has 0 spiro atoms. The van der Waals surface area contributed by atoms with Crippen LogP contribution in [0.15, 0.2) is 18.3 Å². The number of hydrogen-bond acceptors (Lipinski definition) is 3. The molecule has 0 unspecified atom stereocenters. The van der Waals surface area contributed by atoms with E-state index >= 15 is 0 Å². The van der Waals surface area contributed by atoms with E-state index in [0.29, 0.717) is 6.54 Å². The molecule has 1 aromatic heterocycles. The Balaban J connectivity index is 2.35. The molecule has 2 amide bonds. The smallest absolute Gasteiger partial charge is 0.252 e. The van der Waals surface area contributed by atoms with Crippen LogP contribution in [0.1, 0.15) is 23.7 Å². The molecule has 1 rings (SSSR count). The van der Waals surface area contributed by atoms with E-state index in [2.05, 4.69) is 15.6 Å². The Morgan fingerprint density at radius 1 is 1.35 bits per heavy atom. The van der Waals surface area contributed by atoms with Crippen LogP contribution >= 0.6 is 0 Å². The molecule has 0 aliphatic rings. The van der Waals surface area contributed by atoms with Crippen molar-refractivity contribution in [3.8, 4) is 0 Å². The summed E-state index contributed by atoms with van der Waals surface area (Å²) in [6.45, 7) is 2.62. The second-order valence-electron chi connectivity index (χ2n) is 3.33. The third-order valence-electron chi connectivity index (χ3n) is 2.00. The highest BCUT2D eigenvalue weighted by atomic mass is 19.1. The number of nitrogens with one attached hydrogen (secondary N) is 2. The lowest BCUT2D eigenvalue weighted by atomic mass is 10.2. The van der Waals surface area contributed by atoms with E-state index in [4.69, 9.17) is 0 Å². The predicted molar refractivity (Wildman–Crippen MR) is 59.8 cm³/mol. The molecule has 0 atom stereocenters. The monoisotopic (exact) mass is 239 g/mol. The molecular formula is C11H14FN3O2. The molecule has 1 aromatic rings. The molecule has 0 radical (unpaired) electrons. The number of aromatic nitrogens is 1. The Morgan fingerprint density at radius 2 is 2.12 bits per heavy atom. The lowest BCUT2D eigenvalue weighted by Crippen LogP contribution is -2.30. The maximum absolute atomic E-state index is 12.5. The molecule has 0 aliphatic heterocycles. The summed E-state index contributed by atoms with van der Waals surface area (Å²) in [5.74, 6) is -1.13. The first-order valence-electron chi connectivity index (χ1n) is 5.30. The molecule has 1 heterocycles. The van der Waals surface area contributed by atoms with Crippen LogP contribution < -0.4 is 10.6 Å². The van der Waals surface area contributed by atoms with Gasteiger partial charge in [-0.2, -0.15) is 4.39 Å². The Bertz CT molecular complexity index is 392. The number of amides is 2. The number of nitrogens with zero attached hydrogens (tertiary/aromatic N) is 1. The SMILES string of the molecule is CCNC(=O)CCNC(=O)c1ccc(F)nc1. The minimum atomic E-state index is -0.635. The fraction of sp³-hybridized carbons (Fsp3) is 0.364. The van der Waals surface area contributed by atoms with Crippen molar-refractivity contribution in [2.45, 2.75) is 13.3 Å². The fourth-order valence-corrected chi connectivity index (χ4v) is 1.19. The molecule has 5 nitrogen and oxygen atoms in total. The molecule has 0 aliphatic carbocycles. The van der Waals surface area contributed by atoms with Gasteiger partial charge in [-0.05, 0) is 19.1 Å². The molecule has 17 heavy (non-hydrogen) atoms. The fourth-order valence-electron chi connectivity index (χ4n) is 1.19. The van der Waals surface area contributed by atoms with Gasteiger partial charge in [-0.25, -0.2) is 4.98 Å². The molecule has 2 N–H and O–H groups in total. The molecule has 0 aromatic carbocycles. The van der Waals surface area contributed by atoms with Gasteiger partial charge in [0.2, 0.25) is 11.9 Å². The minimum Gasteiger partial charge on any atom is -0.356 e. The van der Waals surface area contributed by atoms with E-state index < -0.39 is 5.95 Å². The van der Waals surface area contributed by atoms with Gasteiger partial charge < -0.3 is 10.6 Å². The van der Waals surface area contributed by atoms with E-state index in [-0.39, 0.29) is 30.3 Å². The minimum absolute atomic E-state index is 0.120. The third-order valence-corrected chi connectivity index (χ3v) is 2.00. The van der Waals surface area contributed by atoms with Crippen LogP contribution in [0.25, 0.3) is 0 Å². The van der Waals surface area contributed by atoms with Gasteiger partial charge in [-0.15, -0.1) is 0 Å². The molecule has 0 saturated heterocycles. The zero-order valence-electron chi connectivity index (χ0n) is 9.50. The van der Waals surface area contributed by atoms with Crippen LogP contribution in [-0.2, 0) is 4.79 Å². The van der Waals surface area contributed by atoms with Crippen LogP contribution in [0.2, 0.25) is 0 Å². The quantitative estimate of drug-likeness (QED) is 0.734. The summed E-state index contributed by atoms with van der Waals surface area (Å²) in [5, 5.41) is 5.16. The number of carbonyl (C=O) groups is 2. The summed E-state index contributed by atoms with van der Waals surface area (Å²) in [5.41, 5.74) is 0.266. The number of carbonyl (C=O) groups excluding carboxylic acids is 2. The number of halogens is 1. The summed E-state index contributed by atoms with van der Waals surface area (Å²) >= 11 is 0. The average molecular weight is 239 g/mol. The van der Waals surface area contributed by atoms with Gasteiger partial charge in [0, 0.05) is 25.7 Å². The lowest BCUT2D eigenvalue weighted by molar-refractivity contribution is -0.120. The zero-order chi connectivity index (χ0) is 12.7. The maximum Gasteiger partial charge on any atom is 0.252 e. The van der Waals surface area contributed by atoms with Crippen molar-refractivity contribution in [2.24, 2.45) is 0 Å². The summed E-state index contributed by atoms with van der Waals surface area (Å²) in [6.07, 6.45) is 1.37. The first kappa shape index (κ1) is 13.1. The highest BCUT2D eigenvalue weighted by Crippen LogP contribution is 1.98. The van der Waals surface area contributed by atoms with Crippen molar-refractivity contribution < 1.29 is 14.0 Å². The predicted octanol–water partition coefficient (Wildman–Crippen LogP) is 0.477. The average Bonchev–Trinajstić information content (AvgIpc) is 2.30. The Labute approximate surface area is 98.4 Å². The standard InChI is InChI=1S/C11H14FN3O2/c1-2-13-10(16)5-6-14-11(17)8-3-4-9(12)15-7-8/h3-4,7H,2,5-6H2,1H3,(H,13,16)(H,14,17). The van der Waals surface area contributed by atoms with Crippen LogP contribution in [0.4, 0.5) is 4.39 Å². The van der Waals surface area contributed by atoms with Crippen LogP contribution in [0, 0.1) is 5.95 Å². The summed E-state index contributed by atoms with van der Waals surface area (Å²) in [6, 6.07) is 2.45. The molecule has 0 saturated carbocycles. The first-order chi connectivity index (χ1) is 8.13. The number of pyridine rings is 1. The molecular weight excluding hydrogens is 225 g/mol. The summed E-state index contributed by atoms with van der Waals surface area (Å²) < 4.78 is 12.5. The Morgan fingerprint density at radius 3 is 2.71 bits per heavy atom. The zero-order valence-corrected chi connectivity index (χ0v) is 9.50. The normalized spacial score (nSPS) is 9.76. The maximum atomic E-state index is 12.5. The third kappa shape index (κ3) is 4.58. The first-order valence-corrected chi connectivity index (χ1v) is 5.30. The van der Waals surface area contributed by atoms with Gasteiger partial charge in [-0.1, -0.05) is 0 Å². The summed E-state index contributed by atoms with van der Waals surface area (Å²) in [7, 11) is 0. The number of rotatable bonds is 5. The number of hydrogen-bond donors (Lipinski definition) is 2. The van der Waals surface area contributed by atoms with E-state index in [0.717, 1.165) is 12.3 Å². The van der Waals surface area contributed by atoms with E-state index in [1.54, 1.807) is 0 Å². The van der Waals surface area contributed by atoms with Crippen molar-refractivity contribution in [1.82, 2.24) is 15.6 Å². The van der Waals surface area contributed by atoms with Crippen molar-refractivity contribution in [3.63, 3.8) is 0 Å².